The van der Waals surface area contributed by atoms with Gasteiger partial charge in [0, 0.05) is 11.6 Å². The van der Waals surface area contributed by atoms with Crippen LogP contribution in [0.15, 0.2) is 45.7 Å². The van der Waals surface area contributed by atoms with Crippen molar-refractivity contribution in [3.05, 3.63) is 51.2 Å². The van der Waals surface area contributed by atoms with Crippen LogP contribution in [0.2, 0.25) is 0 Å². The van der Waals surface area contributed by atoms with Crippen LogP contribution in [0.4, 0.5) is 0 Å². The molecule has 4 nitrogen and oxygen atoms in total. The van der Waals surface area contributed by atoms with E-state index in [0.29, 0.717) is 15.0 Å². The summed E-state index contributed by atoms with van der Waals surface area (Å²) < 4.78 is 0.559. The van der Waals surface area contributed by atoms with Crippen LogP contribution < -0.4 is 5.56 Å². The van der Waals surface area contributed by atoms with Gasteiger partial charge in [-0.25, -0.2) is 0 Å². The van der Waals surface area contributed by atoms with Gasteiger partial charge in [-0.05, 0) is 15.9 Å². The van der Waals surface area contributed by atoms with E-state index in [-0.39, 0.29) is 0 Å². The van der Waals surface area contributed by atoms with Crippen LogP contribution in [0.25, 0.3) is 11.3 Å². The highest BCUT2D eigenvalue weighted by molar-refractivity contribution is 9.10. The molecular weight excluding hydrogens is 260 g/mol. The zero-order chi connectivity index (χ0) is 10.8. The lowest BCUT2D eigenvalue weighted by Gasteiger charge is -2.03. The normalized spacial score (nSPS) is 10.2. The van der Waals surface area contributed by atoms with Gasteiger partial charge >= 0.3 is 5.56 Å². The first kappa shape index (κ1) is 9.92. The first-order valence-electron chi connectivity index (χ1n) is 4.23. The van der Waals surface area contributed by atoms with E-state index in [0.717, 1.165) is 5.56 Å². The zero-order valence-electron chi connectivity index (χ0n) is 7.59. The Morgan fingerprint density at radius 1 is 1.27 bits per heavy atom. The van der Waals surface area contributed by atoms with E-state index in [9.17, 15) is 4.79 Å². The summed E-state index contributed by atoms with van der Waals surface area (Å²) in [5.41, 5.74) is 0.784. The minimum atomic E-state index is -0.568. The lowest BCUT2D eigenvalue weighted by atomic mass is 10.1. The zero-order valence-corrected chi connectivity index (χ0v) is 9.18. The average molecular weight is 267 g/mol. The molecule has 0 radical (unpaired) electrons. The molecule has 1 aromatic heterocycles. The van der Waals surface area contributed by atoms with Gasteiger partial charge in [-0.3, -0.25) is 4.79 Å². The van der Waals surface area contributed by atoms with E-state index < -0.39 is 5.56 Å². The Morgan fingerprint density at radius 2 is 1.93 bits per heavy atom. The monoisotopic (exact) mass is 266 g/mol. The summed E-state index contributed by atoms with van der Waals surface area (Å²) in [6, 6.07) is 10.6. The van der Waals surface area contributed by atoms with E-state index in [1.54, 1.807) is 0 Å². The molecule has 0 fully saturated rings. The molecule has 2 rings (SSSR count). The summed E-state index contributed by atoms with van der Waals surface area (Å²) in [6.45, 7) is 0. The number of aromatic nitrogens is 2. The molecule has 0 saturated heterocycles. The standard InChI is InChI=1S/C10H7BrN2O2/c11-8-6-9(14)13(15)12-10(8)7-4-2-1-3-5-7/h1-6,15H. The molecular formula is C10H7BrN2O2. The third-order valence-electron chi connectivity index (χ3n) is 1.92. The molecule has 0 saturated carbocycles. The molecule has 0 atom stereocenters. The Hall–Kier alpha value is -1.62. The molecule has 2 aromatic rings. The fourth-order valence-electron chi connectivity index (χ4n) is 1.22. The Labute approximate surface area is 93.9 Å². The van der Waals surface area contributed by atoms with E-state index in [1.807, 2.05) is 30.3 Å². The molecule has 0 aliphatic rings. The Balaban J connectivity index is 2.64. The lowest BCUT2D eigenvalue weighted by molar-refractivity contribution is 0.135. The van der Waals surface area contributed by atoms with Gasteiger partial charge in [0.25, 0.3) is 0 Å². The molecule has 1 N–H and O–H groups in total. The van der Waals surface area contributed by atoms with Crippen LogP contribution in [0.3, 0.4) is 0 Å². The third-order valence-corrected chi connectivity index (χ3v) is 2.52. The molecule has 76 valence electrons. The maximum Gasteiger partial charge on any atom is 0.304 e. The molecule has 0 spiro atoms. The van der Waals surface area contributed by atoms with Gasteiger partial charge in [0.05, 0.1) is 4.47 Å². The van der Waals surface area contributed by atoms with Crippen LogP contribution in [0.1, 0.15) is 0 Å². The van der Waals surface area contributed by atoms with E-state index in [1.165, 1.54) is 6.07 Å². The van der Waals surface area contributed by atoms with Crippen LogP contribution in [-0.2, 0) is 0 Å². The van der Waals surface area contributed by atoms with Crippen LogP contribution in [0, 0.1) is 0 Å². The molecule has 15 heavy (non-hydrogen) atoms. The first-order chi connectivity index (χ1) is 7.18. The Morgan fingerprint density at radius 3 is 2.60 bits per heavy atom. The minimum Gasteiger partial charge on any atom is -0.409 e. The van der Waals surface area contributed by atoms with Crippen molar-refractivity contribution < 1.29 is 5.21 Å². The van der Waals surface area contributed by atoms with Gasteiger partial charge in [-0.1, -0.05) is 35.2 Å². The fourth-order valence-corrected chi connectivity index (χ4v) is 1.72. The van der Waals surface area contributed by atoms with E-state index in [2.05, 4.69) is 21.0 Å². The molecule has 5 heteroatoms. The maximum atomic E-state index is 11.0. The lowest BCUT2D eigenvalue weighted by Crippen LogP contribution is -2.20. The topological polar surface area (TPSA) is 55.1 Å². The highest BCUT2D eigenvalue weighted by Gasteiger charge is 2.07. The van der Waals surface area contributed by atoms with Crippen molar-refractivity contribution in [3.8, 4) is 11.3 Å². The average Bonchev–Trinajstić information content (AvgIpc) is 2.25. The number of nitrogens with zero attached hydrogens (tertiary/aromatic N) is 2. The van der Waals surface area contributed by atoms with Crippen molar-refractivity contribution >= 4 is 15.9 Å². The highest BCUT2D eigenvalue weighted by Crippen LogP contribution is 2.23. The SMILES string of the molecule is O=c1cc(Br)c(-c2ccccc2)nn1O. The second kappa shape index (κ2) is 3.86. The van der Waals surface area contributed by atoms with Crippen molar-refractivity contribution in [2.45, 2.75) is 0 Å². The number of halogens is 1. The van der Waals surface area contributed by atoms with Gasteiger partial charge in [-0.15, -0.1) is 5.10 Å². The van der Waals surface area contributed by atoms with Gasteiger partial charge in [0.2, 0.25) is 0 Å². The first-order valence-corrected chi connectivity index (χ1v) is 5.02. The summed E-state index contributed by atoms with van der Waals surface area (Å²) in [4.78, 5) is 11.4. The highest BCUT2D eigenvalue weighted by atomic mass is 79.9. The van der Waals surface area contributed by atoms with Crippen LogP contribution in [-0.4, -0.2) is 15.2 Å². The van der Waals surface area contributed by atoms with E-state index >= 15 is 0 Å². The van der Waals surface area contributed by atoms with Crippen LogP contribution >= 0.6 is 15.9 Å². The van der Waals surface area contributed by atoms with Gasteiger partial charge in [0.15, 0.2) is 0 Å². The summed E-state index contributed by atoms with van der Waals surface area (Å²) in [6.07, 6.45) is 0. The molecule has 0 amide bonds. The summed E-state index contributed by atoms with van der Waals surface area (Å²) in [7, 11) is 0. The fraction of sp³-hybridized carbons (Fsp3) is 0. The van der Waals surface area contributed by atoms with E-state index in [4.69, 9.17) is 5.21 Å². The molecule has 0 aliphatic heterocycles. The van der Waals surface area contributed by atoms with Crippen molar-refractivity contribution in [1.29, 1.82) is 0 Å². The number of hydrogen-bond donors (Lipinski definition) is 1. The smallest absolute Gasteiger partial charge is 0.304 e. The van der Waals surface area contributed by atoms with Crippen molar-refractivity contribution in [3.63, 3.8) is 0 Å². The van der Waals surface area contributed by atoms with Crippen molar-refractivity contribution in [2.75, 3.05) is 0 Å². The number of benzene rings is 1. The molecule has 1 heterocycles. The summed E-state index contributed by atoms with van der Waals surface area (Å²) in [5, 5.41) is 12.9. The van der Waals surface area contributed by atoms with Crippen molar-refractivity contribution in [1.82, 2.24) is 9.94 Å². The minimum absolute atomic E-state index is 0.326. The largest absolute Gasteiger partial charge is 0.409 e. The maximum absolute atomic E-state index is 11.0. The third kappa shape index (κ3) is 1.92. The Kier molecular flexibility index (Phi) is 2.55. The molecule has 0 aliphatic carbocycles. The van der Waals surface area contributed by atoms with Crippen molar-refractivity contribution in [2.24, 2.45) is 0 Å². The quantitative estimate of drug-likeness (QED) is 0.803. The molecule has 1 aromatic carbocycles. The predicted octanol–water partition coefficient (Wildman–Crippen LogP) is 1.91. The van der Waals surface area contributed by atoms with Crippen LogP contribution in [0.5, 0.6) is 0 Å². The second-order valence-electron chi connectivity index (χ2n) is 2.93. The molecule has 0 unspecified atom stereocenters. The second-order valence-corrected chi connectivity index (χ2v) is 3.79. The summed E-state index contributed by atoms with van der Waals surface area (Å²) in [5.74, 6) is 0. The van der Waals surface area contributed by atoms with Gasteiger partial charge < -0.3 is 5.21 Å². The molecule has 0 bridgehead atoms. The van der Waals surface area contributed by atoms with Gasteiger partial charge in [0.1, 0.15) is 5.69 Å². The Bertz CT molecular complexity index is 537. The predicted molar refractivity (Wildman–Crippen MR) is 58.8 cm³/mol. The number of hydrogen-bond acceptors (Lipinski definition) is 3. The number of rotatable bonds is 1. The summed E-state index contributed by atoms with van der Waals surface area (Å²) >= 11 is 3.23. The van der Waals surface area contributed by atoms with Gasteiger partial charge in [-0.2, -0.15) is 0 Å².